The summed E-state index contributed by atoms with van der Waals surface area (Å²) in [5.74, 6) is -1.85. The van der Waals surface area contributed by atoms with E-state index in [1.54, 1.807) is 30.3 Å². The fourth-order valence-corrected chi connectivity index (χ4v) is 2.39. The zero-order valence-electron chi connectivity index (χ0n) is 11.1. The number of anilines is 1. The number of amides is 1. The van der Waals surface area contributed by atoms with Crippen LogP contribution in [-0.4, -0.2) is 18.5 Å². The molecular weight excluding hydrogens is 421 g/mol. The molecule has 0 fully saturated rings. The van der Waals surface area contributed by atoms with Gasteiger partial charge < -0.3 is 10.1 Å². The highest BCUT2D eigenvalue weighted by Crippen LogP contribution is 2.19. The fraction of sp³-hybridized carbons (Fsp3) is 0.0667. The van der Waals surface area contributed by atoms with Crippen LogP contribution in [0, 0.1) is 5.82 Å². The van der Waals surface area contributed by atoms with E-state index in [4.69, 9.17) is 4.74 Å². The molecule has 2 aromatic rings. The Kier molecular flexibility index (Phi) is 5.68. The van der Waals surface area contributed by atoms with Gasteiger partial charge in [-0.15, -0.1) is 0 Å². The Labute approximate surface area is 142 Å². The molecule has 0 radical (unpaired) electrons. The van der Waals surface area contributed by atoms with Gasteiger partial charge in [0.25, 0.3) is 5.91 Å². The van der Waals surface area contributed by atoms with Gasteiger partial charge in [-0.3, -0.25) is 4.79 Å². The molecule has 1 N–H and O–H groups in total. The predicted octanol–water partition coefficient (Wildman–Crippen LogP) is 4.15. The summed E-state index contributed by atoms with van der Waals surface area (Å²) in [6.45, 7) is -0.504. The number of nitrogens with one attached hydrogen (secondary N) is 1. The van der Waals surface area contributed by atoms with E-state index in [0.29, 0.717) is 14.5 Å². The molecule has 2 aromatic carbocycles. The maximum absolute atomic E-state index is 13.6. The molecule has 0 aromatic heterocycles. The van der Waals surface area contributed by atoms with Gasteiger partial charge in [-0.2, -0.15) is 0 Å². The van der Waals surface area contributed by atoms with Crippen molar-refractivity contribution in [2.75, 3.05) is 11.9 Å². The summed E-state index contributed by atoms with van der Waals surface area (Å²) in [5.41, 5.74) is 0.329. The largest absolute Gasteiger partial charge is 0.452 e. The maximum Gasteiger partial charge on any atom is 0.339 e. The summed E-state index contributed by atoms with van der Waals surface area (Å²) >= 11 is 6.34. The Hall–Kier alpha value is -1.73. The standard InChI is InChI=1S/C15H10Br2FNO3/c16-9-5-6-13(12(18)7-9)19-14(20)8-22-15(21)10-3-1-2-4-11(10)17/h1-7H,8H2,(H,19,20). The van der Waals surface area contributed by atoms with Crippen molar-refractivity contribution >= 4 is 49.4 Å². The van der Waals surface area contributed by atoms with E-state index in [2.05, 4.69) is 37.2 Å². The average Bonchev–Trinajstić information content (AvgIpc) is 2.48. The Morgan fingerprint density at radius 3 is 2.55 bits per heavy atom. The number of esters is 1. The number of hydrogen-bond donors (Lipinski definition) is 1. The lowest BCUT2D eigenvalue weighted by atomic mass is 10.2. The van der Waals surface area contributed by atoms with E-state index in [1.807, 2.05) is 0 Å². The number of halogens is 3. The molecule has 4 nitrogen and oxygen atoms in total. The molecule has 0 aliphatic rings. The summed E-state index contributed by atoms with van der Waals surface area (Å²) in [5, 5.41) is 2.34. The second-order valence-corrected chi connectivity index (χ2v) is 6.00. The lowest BCUT2D eigenvalue weighted by Crippen LogP contribution is -2.21. The molecule has 7 heteroatoms. The number of carbonyl (C=O) groups is 2. The summed E-state index contributed by atoms with van der Waals surface area (Å²) in [4.78, 5) is 23.5. The molecular formula is C15H10Br2FNO3. The van der Waals surface area contributed by atoms with Crippen molar-refractivity contribution in [2.24, 2.45) is 0 Å². The van der Waals surface area contributed by atoms with E-state index >= 15 is 0 Å². The van der Waals surface area contributed by atoms with Gasteiger partial charge in [0.1, 0.15) is 5.82 Å². The molecule has 22 heavy (non-hydrogen) atoms. The van der Waals surface area contributed by atoms with Gasteiger partial charge in [0.05, 0.1) is 11.3 Å². The van der Waals surface area contributed by atoms with Crippen LogP contribution in [0.25, 0.3) is 0 Å². The number of rotatable bonds is 4. The third-order valence-corrected chi connectivity index (χ3v) is 3.82. The monoisotopic (exact) mass is 429 g/mol. The molecule has 0 atom stereocenters. The highest BCUT2D eigenvalue weighted by molar-refractivity contribution is 9.10. The summed E-state index contributed by atoms with van der Waals surface area (Å²) in [7, 11) is 0. The van der Waals surface area contributed by atoms with Crippen LogP contribution in [0.1, 0.15) is 10.4 Å². The van der Waals surface area contributed by atoms with Crippen molar-refractivity contribution in [3.05, 3.63) is 62.8 Å². The lowest BCUT2D eigenvalue weighted by molar-refractivity contribution is -0.119. The molecule has 0 spiro atoms. The molecule has 0 bridgehead atoms. The SMILES string of the molecule is O=C(COC(=O)c1ccccc1Br)Nc1ccc(Br)cc1F. The van der Waals surface area contributed by atoms with Crippen LogP contribution in [0.5, 0.6) is 0 Å². The minimum absolute atomic E-state index is 0.0186. The van der Waals surface area contributed by atoms with E-state index in [9.17, 15) is 14.0 Å². The van der Waals surface area contributed by atoms with Gasteiger partial charge >= 0.3 is 5.97 Å². The third kappa shape index (κ3) is 4.38. The molecule has 0 saturated heterocycles. The number of ether oxygens (including phenoxy) is 1. The first-order valence-electron chi connectivity index (χ1n) is 6.14. The van der Waals surface area contributed by atoms with Gasteiger partial charge in [-0.1, -0.05) is 28.1 Å². The molecule has 0 aliphatic carbocycles. The van der Waals surface area contributed by atoms with Crippen molar-refractivity contribution in [3.63, 3.8) is 0 Å². The molecule has 0 heterocycles. The van der Waals surface area contributed by atoms with Gasteiger partial charge in [-0.25, -0.2) is 9.18 Å². The van der Waals surface area contributed by atoms with Crippen molar-refractivity contribution in [1.29, 1.82) is 0 Å². The minimum Gasteiger partial charge on any atom is -0.452 e. The lowest BCUT2D eigenvalue weighted by Gasteiger charge is -2.08. The highest BCUT2D eigenvalue weighted by atomic mass is 79.9. The molecule has 114 valence electrons. The molecule has 1 amide bonds. The van der Waals surface area contributed by atoms with E-state index in [1.165, 1.54) is 12.1 Å². The van der Waals surface area contributed by atoms with Crippen molar-refractivity contribution in [1.82, 2.24) is 0 Å². The molecule has 0 saturated carbocycles. The van der Waals surface area contributed by atoms with Gasteiger partial charge in [0.2, 0.25) is 0 Å². The number of carbonyl (C=O) groups excluding carboxylic acids is 2. The van der Waals surface area contributed by atoms with Crippen LogP contribution in [0.2, 0.25) is 0 Å². The Bertz CT molecular complexity index is 722. The topological polar surface area (TPSA) is 55.4 Å². The zero-order valence-corrected chi connectivity index (χ0v) is 14.3. The molecule has 0 unspecified atom stereocenters. The zero-order chi connectivity index (χ0) is 16.1. The van der Waals surface area contributed by atoms with Crippen LogP contribution in [0.3, 0.4) is 0 Å². The fourth-order valence-electron chi connectivity index (χ4n) is 1.61. The van der Waals surface area contributed by atoms with Crippen LogP contribution < -0.4 is 5.32 Å². The first-order chi connectivity index (χ1) is 10.5. The van der Waals surface area contributed by atoms with Crippen LogP contribution in [0.15, 0.2) is 51.4 Å². The van der Waals surface area contributed by atoms with E-state index in [-0.39, 0.29) is 5.69 Å². The average molecular weight is 431 g/mol. The maximum atomic E-state index is 13.6. The smallest absolute Gasteiger partial charge is 0.339 e. The predicted molar refractivity (Wildman–Crippen MR) is 87.2 cm³/mol. The number of benzene rings is 2. The Morgan fingerprint density at radius 1 is 1.14 bits per heavy atom. The van der Waals surface area contributed by atoms with Crippen molar-refractivity contribution in [3.8, 4) is 0 Å². The third-order valence-electron chi connectivity index (χ3n) is 2.63. The van der Waals surface area contributed by atoms with Crippen LogP contribution in [-0.2, 0) is 9.53 Å². The Morgan fingerprint density at radius 2 is 1.86 bits per heavy atom. The first kappa shape index (κ1) is 16.6. The van der Waals surface area contributed by atoms with Crippen molar-refractivity contribution < 1.29 is 18.7 Å². The second kappa shape index (κ2) is 7.51. The summed E-state index contributed by atoms with van der Waals surface area (Å²) < 4.78 is 19.6. The van der Waals surface area contributed by atoms with Crippen molar-refractivity contribution in [2.45, 2.75) is 0 Å². The van der Waals surface area contributed by atoms with Crippen LogP contribution in [0.4, 0.5) is 10.1 Å². The number of hydrogen-bond acceptors (Lipinski definition) is 3. The summed E-state index contributed by atoms with van der Waals surface area (Å²) in [6, 6.07) is 10.9. The summed E-state index contributed by atoms with van der Waals surface area (Å²) in [6.07, 6.45) is 0. The minimum atomic E-state index is -0.640. The first-order valence-corrected chi connectivity index (χ1v) is 7.72. The van der Waals surface area contributed by atoms with Crippen LogP contribution >= 0.6 is 31.9 Å². The van der Waals surface area contributed by atoms with Gasteiger partial charge in [-0.05, 0) is 46.3 Å². The highest BCUT2D eigenvalue weighted by Gasteiger charge is 2.14. The normalized spacial score (nSPS) is 10.1. The molecule has 0 aliphatic heterocycles. The molecule has 2 rings (SSSR count). The van der Waals surface area contributed by atoms with Gasteiger partial charge in [0, 0.05) is 8.95 Å². The van der Waals surface area contributed by atoms with Gasteiger partial charge in [0.15, 0.2) is 6.61 Å². The quantitative estimate of drug-likeness (QED) is 0.741. The van der Waals surface area contributed by atoms with E-state index in [0.717, 1.165) is 0 Å². The second-order valence-electron chi connectivity index (χ2n) is 4.23. The van der Waals surface area contributed by atoms with E-state index < -0.39 is 24.3 Å². The Balaban J connectivity index is 1.93.